The smallest absolute Gasteiger partial charge is 0.132 e. The summed E-state index contributed by atoms with van der Waals surface area (Å²) in [6.45, 7) is 7.12. The van der Waals surface area contributed by atoms with Crippen LogP contribution in [-0.2, 0) is 0 Å². The Bertz CT molecular complexity index is 291. The van der Waals surface area contributed by atoms with E-state index in [9.17, 15) is 0 Å². The average Bonchev–Trinajstić information content (AvgIpc) is 2.25. The number of nitrogens with one attached hydrogen (secondary N) is 1. The van der Waals surface area contributed by atoms with E-state index in [0.717, 1.165) is 25.4 Å². The van der Waals surface area contributed by atoms with Crippen LogP contribution in [-0.4, -0.2) is 19.7 Å². The second-order valence-corrected chi connectivity index (χ2v) is 4.82. The fourth-order valence-corrected chi connectivity index (χ4v) is 1.79. The van der Waals surface area contributed by atoms with E-state index in [-0.39, 0.29) is 0 Å². The molecule has 1 aromatic rings. The maximum atomic E-state index is 5.75. The minimum atomic E-state index is 0.543. The van der Waals surface area contributed by atoms with E-state index in [1.807, 2.05) is 18.2 Å². The highest BCUT2D eigenvalue weighted by Gasteiger charge is 2.04. The van der Waals surface area contributed by atoms with Crippen LogP contribution in [0.5, 0.6) is 5.75 Å². The van der Waals surface area contributed by atoms with Gasteiger partial charge in [-0.2, -0.15) is 0 Å². The van der Waals surface area contributed by atoms with Gasteiger partial charge in [0.05, 0.1) is 10.2 Å². The summed E-state index contributed by atoms with van der Waals surface area (Å²) in [4.78, 5) is 0. The Morgan fingerprint density at radius 1 is 1.40 bits per heavy atom. The molecule has 0 saturated heterocycles. The van der Waals surface area contributed by atoms with Crippen molar-refractivity contribution in [3.05, 3.63) is 27.8 Å². The standard InChI is InChI=1S/C12H18INO/c1-3-14-8-10(2)9-15-12-7-5-4-6-11(12)13/h4-7,10,14H,3,8-9H2,1-2H3. The first-order chi connectivity index (χ1) is 7.24. The highest BCUT2D eigenvalue weighted by Crippen LogP contribution is 2.20. The molecule has 0 heterocycles. The second kappa shape index (κ2) is 7.06. The van der Waals surface area contributed by atoms with Crippen LogP contribution in [0.25, 0.3) is 0 Å². The molecule has 0 aliphatic heterocycles. The van der Waals surface area contributed by atoms with Crippen LogP contribution in [0.4, 0.5) is 0 Å². The minimum absolute atomic E-state index is 0.543. The predicted octanol–water partition coefficient (Wildman–Crippen LogP) is 2.92. The Balaban J connectivity index is 2.33. The van der Waals surface area contributed by atoms with E-state index in [1.54, 1.807) is 0 Å². The zero-order valence-corrected chi connectivity index (χ0v) is 11.5. The molecule has 0 aromatic heterocycles. The molecule has 15 heavy (non-hydrogen) atoms. The van der Waals surface area contributed by atoms with Crippen molar-refractivity contribution in [3.63, 3.8) is 0 Å². The van der Waals surface area contributed by atoms with E-state index in [0.29, 0.717) is 5.92 Å². The lowest BCUT2D eigenvalue weighted by molar-refractivity contribution is 0.255. The van der Waals surface area contributed by atoms with Gasteiger partial charge in [0.25, 0.3) is 0 Å². The van der Waals surface area contributed by atoms with Crippen LogP contribution in [0.15, 0.2) is 24.3 Å². The van der Waals surface area contributed by atoms with Crippen molar-refractivity contribution < 1.29 is 4.74 Å². The third kappa shape index (κ3) is 4.84. The molecule has 1 atom stereocenters. The number of benzene rings is 1. The normalized spacial score (nSPS) is 12.5. The molecule has 0 bridgehead atoms. The SMILES string of the molecule is CCNCC(C)COc1ccccc1I. The lowest BCUT2D eigenvalue weighted by Crippen LogP contribution is -2.24. The summed E-state index contributed by atoms with van der Waals surface area (Å²) >= 11 is 2.30. The van der Waals surface area contributed by atoms with E-state index < -0.39 is 0 Å². The van der Waals surface area contributed by atoms with Gasteiger partial charge >= 0.3 is 0 Å². The Kier molecular flexibility index (Phi) is 6.02. The quantitative estimate of drug-likeness (QED) is 0.814. The van der Waals surface area contributed by atoms with Gasteiger partial charge in [-0.3, -0.25) is 0 Å². The maximum absolute atomic E-state index is 5.75. The molecule has 1 unspecified atom stereocenters. The third-order valence-electron chi connectivity index (χ3n) is 2.10. The van der Waals surface area contributed by atoms with Gasteiger partial charge in [0.15, 0.2) is 0 Å². The van der Waals surface area contributed by atoms with Gasteiger partial charge < -0.3 is 10.1 Å². The number of hydrogen-bond donors (Lipinski definition) is 1. The molecule has 0 saturated carbocycles. The van der Waals surface area contributed by atoms with Gasteiger partial charge in [0.2, 0.25) is 0 Å². The molecule has 0 aliphatic carbocycles. The molecule has 84 valence electrons. The fourth-order valence-electron chi connectivity index (χ4n) is 1.24. The lowest BCUT2D eigenvalue weighted by Gasteiger charge is -2.14. The molecule has 0 aliphatic rings. The van der Waals surface area contributed by atoms with Gasteiger partial charge in [-0.1, -0.05) is 26.0 Å². The van der Waals surface area contributed by atoms with Crippen molar-refractivity contribution in [2.45, 2.75) is 13.8 Å². The summed E-state index contributed by atoms with van der Waals surface area (Å²) in [6.07, 6.45) is 0. The monoisotopic (exact) mass is 319 g/mol. The van der Waals surface area contributed by atoms with Crippen molar-refractivity contribution in [1.29, 1.82) is 0 Å². The Morgan fingerprint density at radius 3 is 2.80 bits per heavy atom. The maximum Gasteiger partial charge on any atom is 0.132 e. The molecule has 0 amide bonds. The fraction of sp³-hybridized carbons (Fsp3) is 0.500. The summed E-state index contributed by atoms with van der Waals surface area (Å²) in [7, 11) is 0. The average molecular weight is 319 g/mol. The molecular weight excluding hydrogens is 301 g/mol. The number of rotatable bonds is 6. The van der Waals surface area contributed by atoms with Gasteiger partial charge in [-0.15, -0.1) is 0 Å². The van der Waals surface area contributed by atoms with E-state index >= 15 is 0 Å². The lowest BCUT2D eigenvalue weighted by atomic mass is 10.2. The first-order valence-corrected chi connectivity index (χ1v) is 6.40. The summed E-state index contributed by atoms with van der Waals surface area (Å²) in [5.41, 5.74) is 0. The van der Waals surface area contributed by atoms with Crippen LogP contribution < -0.4 is 10.1 Å². The van der Waals surface area contributed by atoms with Crippen LogP contribution in [0, 0.1) is 9.49 Å². The largest absolute Gasteiger partial charge is 0.492 e. The van der Waals surface area contributed by atoms with Gasteiger partial charge in [-0.05, 0) is 41.3 Å². The summed E-state index contributed by atoms with van der Waals surface area (Å²) in [5.74, 6) is 1.53. The number of hydrogen-bond acceptors (Lipinski definition) is 2. The van der Waals surface area contributed by atoms with Gasteiger partial charge in [-0.25, -0.2) is 0 Å². The summed E-state index contributed by atoms with van der Waals surface area (Å²) in [5, 5.41) is 3.32. The van der Waals surface area contributed by atoms with Crippen molar-refractivity contribution in [1.82, 2.24) is 5.32 Å². The van der Waals surface area contributed by atoms with Crippen molar-refractivity contribution in [2.24, 2.45) is 5.92 Å². The molecule has 1 rings (SSSR count). The molecule has 1 N–H and O–H groups in total. The summed E-state index contributed by atoms with van der Waals surface area (Å²) in [6, 6.07) is 8.11. The zero-order valence-electron chi connectivity index (χ0n) is 9.29. The predicted molar refractivity (Wildman–Crippen MR) is 72.4 cm³/mol. The van der Waals surface area contributed by atoms with Crippen LogP contribution in [0.2, 0.25) is 0 Å². The second-order valence-electron chi connectivity index (χ2n) is 3.65. The molecular formula is C12H18INO. The van der Waals surface area contributed by atoms with Crippen molar-refractivity contribution in [2.75, 3.05) is 19.7 Å². The van der Waals surface area contributed by atoms with Crippen molar-refractivity contribution in [3.8, 4) is 5.75 Å². The van der Waals surface area contributed by atoms with Crippen LogP contribution >= 0.6 is 22.6 Å². The molecule has 1 aromatic carbocycles. The topological polar surface area (TPSA) is 21.3 Å². The molecule has 0 radical (unpaired) electrons. The van der Waals surface area contributed by atoms with E-state index in [4.69, 9.17) is 4.74 Å². The molecule has 2 nitrogen and oxygen atoms in total. The van der Waals surface area contributed by atoms with Crippen LogP contribution in [0.3, 0.4) is 0 Å². The van der Waals surface area contributed by atoms with Crippen LogP contribution in [0.1, 0.15) is 13.8 Å². The Hall–Kier alpha value is -0.290. The highest BCUT2D eigenvalue weighted by molar-refractivity contribution is 14.1. The Labute approximate surface area is 106 Å². The Morgan fingerprint density at radius 2 is 2.13 bits per heavy atom. The molecule has 0 spiro atoms. The first-order valence-electron chi connectivity index (χ1n) is 5.32. The van der Waals surface area contributed by atoms with Crippen molar-refractivity contribution >= 4 is 22.6 Å². The number of para-hydroxylation sites is 1. The zero-order chi connectivity index (χ0) is 11.1. The highest BCUT2D eigenvalue weighted by atomic mass is 127. The third-order valence-corrected chi connectivity index (χ3v) is 2.99. The molecule has 3 heteroatoms. The summed E-state index contributed by atoms with van der Waals surface area (Å²) < 4.78 is 6.92. The van der Waals surface area contributed by atoms with E-state index in [2.05, 4.69) is 47.8 Å². The number of halogens is 1. The first kappa shape index (κ1) is 12.8. The number of ether oxygens (including phenoxy) is 1. The van der Waals surface area contributed by atoms with Gasteiger partial charge in [0.1, 0.15) is 5.75 Å². The van der Waals surface area contributed by atoms with Gasteiger partial charge in [0, 0.05) is 12.5 Å². The minimum Gasteiger partial charge on any atom is -0.492 e. The molecule has 0 fully saturated rings. The van der Waals surface area contributed by atoms with E-state index in [1.165, 1.54) is 3.57 Å².